The first-order chi connectivity index (χ1) is 13.7. The van der Waals surface area contributed by atoms with Gasteiger partial charge in [0.2, 0.25) is 0 Å². The molecule has 6 atom stereocenters. The second-order valence-corrected chi connectivity index (χ2v) is 11.2. The Morgan fingerprint density at radius 3 is 2.52 bits per heavy atom. The van der Waals surface area contributed by atoms with Crippen molar-refractivity contribution in [1.82, 2.24) is 0 Å². The summed E-state index contributed by atoms with van der Waals surface area (Å²) in [6, 6.07) is 2.53. The molecule has 1 N–H and O–H groups in total. The Morgan fingerprint density at radius 2 is 1.79 bits per heavy atom. The minimum Gasteiger partial charge on any atom is -0.393 e. The number of aliphatic hydroxyl groups is 1. The molecule has 29 heavy (non-hydrogen) atoms. The third-order valence-corrected chi connectivity index (χ3v) is 9.26. The lowest BCUT2D eigenvalue weighted by molar-refractivity contribution is 0.141. The van der Waals surface area contributed by atoms with Gasteiger partial charge in [-0.05, 0) is 115 Å². The molecule has 1 aromatic rings. The smallest absolute Gasteiger partial charge is 0.0583 e. The summed E-state index contributed by atoms with van der Waals surface area (Å²) < 4.78 is 0. The third-order valence-electron chi connectivity index (χ3n) is 9.26. The van der Waals surface area contributed by atoms with E-state index in [1.807, 2.05) is 0 Å². The number of allylic oxidation sites excluding steroid dienone is 2. The van der Waals surface area contributed by atoms with Gasteiger partial charge in [-0.15, -0.1) is 0 Å². The molecule has 0 saturated heterocycles. The predicted molar refractivity (Wildman–Crippen MR) is 123 cm³/mol. The molecule has 0 spiro atoms. The van der Waals surface area contributed by atoms with Crippen LogP contribution >= 0.6 is 0 Å². The summed E-state index contributed by atoms with van der Waals surface area (Å²) in [5.74, 6) is 3.54. The molecule has 0 bridgehead atoms. The van der Waals surface area contributed by atoms with E-state index < -0.39 is 0 Å². The highest BCUT2D eigenvalue weighted by Gasteiger charge is 2.51. The van der Waals surface area contributed by atoms with E-state index in [0.29, 0.717) is 23.2 Å². The van der Waals surface area contributed by atoms with Crippen LogP contribution in [0.2, 0.25) is 0 Å². The monoisotopic (exact) mass is 394 g/mol. The minimum atomic E-state index is -0.139. The number of aliphatic hydroxyl groups excluding tert-OH is 1. The van der Waals surface area contributed by atoms with E-state index >= 15 is 0 Å². The van der Waals surface area contributed by atoms with Gasteiger partial charge >= 0.3 is 0 Å². The molecule has 3 aliphatic carbocycles. The van der Waals surface area contributed by atoms with Crippen molar-refractivity contribution in [2.45, 2.75) is 98.5 Å². The summed E-state index contributed by atoms with van der Waals surface area (Å²) in [6.07, 6.45) is 13.0. The molecular weight excluding hydrogens is 352 g/mol. The van der Waals surface area contributed by atoms with E-state index in [9.17, 15) is 5.11 Å². The molecule has 160 valence electrons. The summed E-state index contributed by atoms with van der Waals surface area (Å²) in [5.41, 5.74) is 8.32. The van der Waals surface area contributed by atoms with Gasteiger partial charge in [-0.25, -0.2) is 0 Å². The molecule has 0 heterocycles. The van der Waals surface area contributed by atoms with E-state index in [1.54, 1.807) is 22.3 Å². The van der Waals surface area contributed by atoms with Gasteiger partial charge in [0.15, 0.2) is 0 Å². The van der Waals surface area contributed by atoms with Gasteiger partial charge in [0.25, 0.3) is 0 Å². The van der Waals surface area contributed by atoms with Gasteiger partial charge in [0.05, 0.1) is 6.10 Å². The van der Waals surface area contributed by atoms with Crippen LogP contribution in [0, 0.1) is 36.0 Å². The lowest BCUT2D eigenvalue weighted by Crippen LogP contribution is -2.35. The molecule has 4 rings (SSSR count). The van der Waals surface area contributed by atoms with Gasteiger partial charge in [-0.1, -0.05) is 52.8 Å². The Labute approximate surface area is 179 Å². The SMILES string of the molecule is Cc1c2c(cc3c1CC[C@@]1(C)[C@@H]3CC[C@@H]1[C@@H](C)/C=C\[C@@H](C)C(C)C)C[C@H](O)CC2. The molecule has 1 fully saturated rings. The van der Waals surface area contributed by atoms with Crippen molar-refractivity contribution < 1.29 is 5.11 Å². The fourth-order valence-corrected chi connectivity index (χ4v) is 6.94. The molecule has 0 radical (unpaired) electrons. The Morgan fingerprint density at radius 1 is 1.03 bits per heavy atom. The Kier molecular flexibility index (Phi) is 5.75. The molecular formula is C28H42O. The van der Waals surface area contributed by atoms with Gasteiger partial charge in [-0.2, -0.15) is 0 Å². The number of fused-ring (bicyclic) bond motifs is 4. The van der Waals surface area contributed by atoms with Crippen molar-refractivity contribution in [3.63, 3.8) is 0 Å². The number of rotatable bonds is 4. The summed E-state index contributed by atoms with van der Waals surface area (Å²) in [7, 11) is 0. The minimum absolute atomic E-state index is 0.139. The Hall–Kier alpha value is -1.08. The van der Waals surface area contributed by atoms with Crippen LogP contribution in [0.5, 0.6) is 0 Å². The average molecular weight is 395 g/mol. The predicted octanol–water partition coefficient (Wildman–Crippen LogP) is 6.78. The topological polar surface area (TPSA) is 20.2 Å². The highest BCUT2D eigenvalue weighted by molar-refractivity contribution is 5.50. The van der Waals surface area contributed by atoms with Crippen molar-refractivity contribution in [2.24, 2.45) is 29.1 Å². The van der Waals surface area contributed by atoms with E-state index in [-0.39, 0.29) is 6.10 Å². The molecule has 1 saturated carbocycles. The first kappa shape index (κ1) is 21.2. The van der Waals surface area contributed by atoms with Gasteiger partial charge in [-0.3, -0.25) is 0 Å². The van der Waals surface area contributed by atoms with Crippen LogP contribution < -0.4 is 0 Å². The van der Waals surface area contributed by atoms with Crippen molar-refractivity contribution >= 4 is 0 Å². The van der Waals surface area contributed by atoms with Crippen LogP contribution in [0.25, 0.3) is 0 Å². The summed E-state index contributed by atoms with van der Waals surface area (Å²) in [6.45, 7) is 14.4. The van der Waals surface area contributed by atoms with Crippen molar-refractivity contribution in [3.8, 4) is 0 Å². The maximum absolute atomic E-state index is 10.2. The first-order valence-electron chi connectivity index (χ1n) is 12.2. The highest BCUT2D eigenvalue weighted by atomic mass is 16.3. The van der Waals surface area contributed by atoms with Crippen molar-refractivity contribution in [3.05, 3.63) is 46.0 Å². The zero-order valence-electron chi connectivity index (χ0n) is 19.6. The van der Waals surface area contributed by atoms with Crippen molar-refractivity contribution in [1.29, 1.82) is 0 Å². The van der Waals surface area contributed by atoms with E-state index in [1.165, 1.54) is 31.2 Å². The largest absolute Gasteiger partial charge is 0.393 e. The normalized spacial score (nSPS) is 33.4. The molecule has 1 heteroatoms. The van der Waals surface area contributed by atoms with Gasteiger partial charge in [0.1, 0.15) is 0 Å². The second kappa shape index (κ2) is 7.88. The maximum Gasteiger partial charge on any atom is 0.0583 e. The van der Waals surface area contributed by atoms with E-state index in [4.69, 9.17) is 0 Å². The second-order valence-electron chi connectivity index (χ2n) is 11.2. The molecule has 0 amide bonds. The Bertz CT molecular complexity index is 788. The van der Waals surface area contributed by atoms with Gasteiger partial charge in [0, 0.05) is 0 Å². The summed E-state index contributed by atoms with van der Waals surface area (Å²) in [4.78, 5) is 0. The highest BCUT2D eigenvalue weighted by Crippen LogP contribution is 2.61. The van der Waals surface area contributed by atoms with Crippen molar-refractivity contribution in [2.75, 3.05) is 0 Å². The van der Waals surface area contributed by atoms with Crippen LogP contribution in [-0.4, -0.2) is 11.2 Å². The molecule has 0 aromatic heterocycles. The molecule has 3 aliphatic rings. The lowest BCUT2D eigenvalue weighted by Gasteiger charge is -2.45. The quantitative estimate of drug-likeness (QED) is 0.558. The van der Waals surface area contributed by atoms with Crippen LogP contribution in [0.15, 0.2) is 18.2 Å². The zero-order valence-corrected chi connectivity index (χ0v) is 19.6. The standard InChI is InChI=1S/C28H42O/c1-17(2)18(3)7-8-19(4)26-11-12-27-25-16-21-15-22(29)9-10-23(21)20(5)24(25)13-14-28(26,27)6/h7-8,16-19,22,26-27,29H,9-15H2,1-6H3/b8-7-/t18-,19+,22-,26-,27-,28-/m1/s1. The van der Waals surface area contributed by atoms with E-state index in [0.717, 1.165) is 31.1 Å². The van der Waals surface area contributed by atoms with Crippen LogP contribution in [0.3, 0.4) is 0 Å². The number of hydrogen-bond donors (Lipinski definition) is 1. The molecule has 0 aliphatic heterocycles. The fraction of sp³-hybridized carbons (Fsp3) is 0.714. The molecule has 1 nitrogen and oxygen atoms in total. The Balaban J connectivity index is 1.63. The number of hydrogen-bond acceptors (Lipinski definition) is 1. The summed E-state index contributed by atoms with van der Waals surface area (Å²) in [5, 5.41) is 10.2. The van der Waals surface area contributed by atoms with Gasteiger partial charge < -0.3 is 5.11 Å². The summed E-state index contributed by atoms with van der Waals surface area (Å²) >= 11 is 0. The van der Waals surface area contributed by atoms with Crippen LogP contribution in [0.4, 0.5) is 0 Å². The lowest BCUT2D eigenvalue weighted by atomic mass is 9.60. The van der Waals surface area contributed by atoms with Crippen LogP contribution in [-0.2, 0) is 19.3 Å². The van der Waals surface area contributed by atoms with E-state index in [2.05, 4.69) is 59.8 Å². The molecule has 1 aromatic carbocycles. The fourth-order valence-electron chi connectivity index (χ4n) is 6.94. The number of benzene rings is 1. The maximum atomic E-state index is 10.2. The first-order valence-corrected chi connectivity index (χ1v) is 12.2. The average Bonchev–Trinajstić information content (AvgIpc) is 3.03. The van der Waals surface area contributed by atoms with Crippen LogP contribution in [0.1, 0.15) is 94.0 Å². The zero-order chi connectivity index (χ0) is 20.9. The molecule has 0 unspecified atom stereocenters. The third kappa shape index (κ3) is 3.62.